The van der Waals surface area contributed by atoms with Crippen LogP contribution in [0, 0.1) is 0 Å². The maximum atomic E-state index is 14.0. The molecule has 0 aliphatic rings. The SMILES string of the molecule is C[N+](C)(CCC[N+](C)(C)CC(=O)SCCC(F)(F)C(F)(F)C(F)(F)C(F)(F)C(F)(F)C(F)(F)F)CC(=O)SCCC(F)(F)C(F)(F)C(F)(F)C(F)(F)C(F)(F)C(F)(F)F. The monoisotopic (exact) mass is 972 g/mol. The first-order chi connectivity index (χ1) is 25.4. The summed E-state index contributed by atoms with van der Waals surface area (Å²) in [4.78, 5) is 24.5. The molecule has 0 heterocycles. The van der Waals surface area contributed by atoms with Crippen LogP contribution in [0.2, 0.25) is 0 Å². The molecule has 59 heavy (non-hydrogen) atoms. The Kier molecular flexibility index (Phi) is 16.8. The van der Waals surface area contributed by atoms with Crippen molar-refractivity contribution in [3.63, 3.8) is 0 Å². The standard InChI is InChI=1S/C27H30F26N2O2S2/c1-54(2,12-14(56)58-10-6-16(28,29)18(32,33)20(36,37)22(40,41)24(44,45)26(48,49)50)8-5-9-55(3,4)13-15(57)59-11-7-17(30,31)19(34,35)21(38,39)23(42,43)25(46,47)27(51,52)53/h5-13H2,1-4H3/q+2. The van der Waals surface area contributed by atoms with Crippen LogP contribution in [-0.2, 0) is 9.59 Å². The number of hydrogen-bond donors (Lipinski definition) is 0. The van der Waals surface area contributed by atoms with Gasteiger partial charge in [-0.15, -0.1) is 0 Å². The second kappa shape index (κ2) is 17.4. The maximum Gasteiger partial charge on any atom is 0.460 e. The van der Waals surface area contributed by atoms with Gasteiger partial charge in [-0.1, -0.05) is 23.5 Å². The van der Waals surface area contributed by atoms with Crippen LogP contribution < -0.4 is 0 Å². The van der Waals surface area contributed by atoms with Gasteiger partial charge in [-0.05, 0) is 0 Å². The van der Waals surface area contributed by atoms with E-state index in [0.29, 0.717) is 0 Å². The fourth-order valence-electron chi connectivity index (χ4n) is 4.38. The van der Waals surface area contributed by atoms with E-state index >= 15 is 0 Å². The van der Waals surface area contributed by atoms with Gasteiger partial charge in [-0.3, -0.25) is 9.59 Å². The molecular weight excluding hydrogens is 942 g/mol. The molecule has 0 aromatic rings. The molecule has 352 valence electrons. The summed E-state index contributed by atoms with van der Waals surface area (Å²) in [5.41, 5.74) is 0. The zero-order valence-corrected chi connectivity index (χ0v) is 31.4. The van der Waals surface area contributed by atoms with Crippen LogP contribution in [0.25, 0.3) is 0 Å². The van der Waals surface area contributed by atoms with E-state index in [-0.39, 0.29) is 43.0 Å². The van der Waals surface area contributed by atoms with Crippen LogP contribution in [0.5, 0.6) is 0 Å². The van der Waals surface area contributed by atoms with Gasteiger partial charge in [-0.2, -0.15) is 114 Å². The summed E-state index contributed by atoms with van der Waals surface area (Å²) in [5, 5.41) is -2.37. The average molecular weight is 973 g/mol. The highest BCUT2D eigenvalue weighted by molar-refractivity contribution is 8.13. The highest BCUT2D eigenvalue weighted by Crippen LogP contribution is 2.62. The zero-order valence-electron chi connectivity index (χ0n) is 29.7. The van der Waals surface area contributed by atoms with Crippen molar-refractivity contribution in [1.29, 1.82) is 0 Å². The highest BCUT2D eigenvalue weighted by atomic mass is 32.2. The molecule has 0 bridgehead atoms. The van der Waals surface area contributed by atoms with Crippen molar-refractivity contribution >= 4 is 33.8 Å². The van der Waals surface area contributed by atoms with E-state index < -0.39 is 128 Å². The van der Waals surface area contributed by atoms with Gasteiger partial charge >= 0.3 is 71.6 Å². The van der Waals surface area contributed by atoms with Crippen molar-refractivity contribution < 1.29 is 133 Å². The second-order valence-electron chi connectivity index (χ2n) is 13.9. The number of hydrogen-bond acceptors (Lipinski definition) is 4. The molecule has 0 aliphatic carbocycles. The lowest BCUT2D eigenvalue weighted by atomic mass is 9.93. The van der Waals surface area contributed by atoms with E-state index in [1.807, 2.05) is 0 Å². The van der Waals surface area contributed by atoms with E-state index in [9.17, 15) is 124 Å². The van der Waals surface area contributed by atoms with Crippen LogP contribution in [0.3, 0.4) is 0 Å². The minimum Gasteiger partial charge on any atom is -0.321 e. The van der Waals surface area contributed by atoms with Crippen LogP contribution in [0.1, 0.15) is 19.3 Å². The summed E-state index contributed by atoms with van der Waals surface area (Å²) in [6.45, 7) is -1.71. The van der Waals surface area contributed by atoms with Crippen molar-refractivity contribution in [1.82, 2.24) is 0 Å². The Morgan fingerprint density at radius 2 is 0.593 bits per heavy atom. The van der Waals surface area contributed by atoms with Crippen LogP contribution in [0.15, 0.2) is 0 Å². The summed E-state index contributed by atoms with van der Waals surface area (Å²) in [6, 6.07) is 0. The second-order valence-corrected chi connectivity index (χ2v) is 16.2. The molecule has 32 heteroatoms. The number of rotatable bonds is 22. The van der Waals surface area contributed by atoms with Crippen molar-refractivity contribution in [3.05, 3.63) is 0 Å². The predicted molar refractivity (Wildman–Crippen MR) is 154 cm³/mol. The lowest BCUT2D eigenvalue weighted by Crippen LogP contribution is -2.70. The molecule has 0 spiro atoms. The fraction of sp³-hybridized carbons (Fsp3) is 0.926. The molecule has 0 radical (unpaired) electrons. The number of alkyl halides is 26. The number of carbonyl (C=O) groups is 2. The number of halogens is 26. The maximum absolute atomic E-state index is 14.0. The topological polar surface area (TPSA) is 34.1 Å². The van der Waals surface area contributed by atoms with Crippen molar-refractivity contribution in [2.45, 2.75) is 90.8 Å². The Labute approximate surface area is 323 Å². The molecule has 0 fully saturated rings. The normalized spacial score (nSPS) is 15.8. The van der Waals surface area contributed by atoms with Gasteiger partial charge in [0.2, 0.25) is 10.2 Å². The Morgan fingerprint density at radius 3 is 0.814 bits per heavy atom. The van der Waals surface area contributed by atoms with Crippen molar-refractivity contribution in [3.8, 4) is 0 Å². The van der Waals surface area contributed by atoms with E-state index in [0.717, 1.165) is 0 Å². The number of quaternary nitrogens is 2. The molecule has 0 rings (SSSR count). The molecular formula is C27H30F26N2O2S2+2. The molecule has 0 saturated carbocycles. The average Bonchev–Trinajstić information content (AvgIpc) is 2.98. The van der Waals surface area contributed by atoms with Crippen LogP contribution >= 0.6 is 23.5 Å². The minimum absolute atomic E-state index is 0.0534. The van der Waals surface area contributed by atoms with E-state index in [1.54, 1.807) is 0 Å². The van der Waals surface area contributed by atoms with Gasteiger partial charge in [0.25, 0.3) is 0 Å². The zero-order chi connectivity index (χ0) is 47.9. The smallest absolute Gasteiger partial charge is 0.321 e. The van der Waals surface area contributed by atoms with E-state index in [4.69, 9.17) is 0 Å². The van der Waals surface area contributed by atoms with Gasteiger partial charge in [-0.25, -0.2) is 0 Å². The van der Waals surface area contributed by atoms with Gasteiger partial charge < -0.3 is 8.97 Å². The Balaban J connectivity index is 5.31. The Hall–Kier alpha value is -1.86. The number of thioether (sulfide) groups is 2. The fourth-order valence-corrected chi connectivity index (χ4v) is 6.43. The lowest BCUT2D eigenvalue weighted by Gasteiger charge is -2.39. The molecule has 0 N–H and O–H groups in total. The largest absolute Gasteiger partial charge is 0.460 e. The van der Waals surface area contributed by atoms with E-state index in [2.05, 4.69) is 0 Å². The molecule has 0 aliphatic heterocycles. The molecule has 0 saturated heterocycles. The summed E-state index contributed by atoms with van der Waals surface area (Å²) < 4.78 is 343. The van der Waals surface area contributed by atoms with Crippen molar-refractivity contribution in [2.75, 3.05) is 65.9 Å². The summed E-state index contributed by atoms with van der Waals surface area (Å²) in [6.07, 6.45) is -20.5. The molecule has 0 atom stereocenters. The lowest BCUT2D eigenvalue weighted by molar-refractivity contribution is -0.901. The predicted octanol–water partition coefficient (Wildman–Crippen LogP) is 10.3. The first kappa shape index (κ1) is 57.1. The molecule has 0 aromatic carbocycles. The first-order valence-electron chi connectivity index (χ1n) is 15.3. The van der Waals surface area contributed by atoms with Gasteiger partial charge in [0, 0.05) is 30.8 Å². The van der Waals surface area contributed by atoms with Gasteiger partial charge in [0.05, 0.1) is 41.3 Å². The van der Waals surface area contributed by atoms with Gasteiger partial charge in [0.1, 0.15) is 13.1 Å². The number of likely N-dealkylation sites (N-methyl/N-ethyl adjacent to an activating group) is 2. The van der Waals surface area contributed by atoms with Crippen LogP contribution in [-0.4, -0.2) is 157 Å². The van der Waals surface area contributed by atoms with Gasteiger partial charge in [0.15, 0.2) is 0 Å². The van der Waals surface area contributed by atoms with Crippen molar-refractivity contribution in [2.24, 2.45) is 0 Å². The highest BCUT2D eigenvalue weighted by Gasteiger charge is 2.92. The minimum atomic E-state index is -8.10. The summed E-state index contributed by atoms with van der Waals surface area (Å²) >= 11 is -0.601. The Bertz CT molecular complexity index is 1350. The third-order valence-corrected chi connectivity index (χ3v) is 9.71. The molecule has 0 aromatic heterocycles. The third-order valence-electron chi connectivity index (χ3n) is 8.00. The van der Waals surface area contributed by atoms with E-state index in [1.165, 1.54) is 28.2 Å². The summed E-state index contributed by atoms with van der Waals surface area (Å²) in [7, 11) is 4.97. The van der Waals surface area contributed by atoms with Crippen LogP contribution in [0.4, 0.5) is 114 Å². The molecule has 0 amide bonds. The molecule has 4 nitrogen and oxygen atoms in total. The first-order valence-corrected chi connectivity index (χ1v) is 17.2. The molecule has 0 unspecified atom stereocenters. The third kappa shape index (κ3) is 11.4. The number of nitrogens with zero attached hydrogens (tertiary/aromatic N) is 2. The number of carbonyl (C=O) groups excluding carboxylic acids is 2. The summed E-state index contributed by atoms with van der Waals surface area (Å²) in [5.74, 6) is -79.1. The quantitative estimate of drug-likeness (QED) is 0.0800. The Morgan fingerprint density at radius 1 is 0.373 bits per heavy atom.